The van der Waals surface area contributed by atoms with E-state index in [2.05, 4.69) is 24.0 Å². The van der Waals surface area contributed by atoms with Crippen molar-refractivity contribution in [3.05, 3.63) is 101 Å². The summed E-state index contributed by atoms with van der Waals surface area (Å²) in [7, 11) is 7.84. The van der Waals surface area contributed by atoms with Gasteiger partial charge in [-0.05, 0) is 36.6 Å². The van der Waals surface area contributed by atoms with Crippen molar-refractivity contribution in [2.75, 3.05) is 42.1 Å². The second-order valence-corrected chi connectivity index (χ2v) is 9.54. The molecule has 1 heterocycles. The van der Waals surface area contributed by atoms with Crippen molar-refractivity contribution in [1.82, 2.24) is 5.32 Å². The van der Waals surface area contributed by atoms with Crippen molar-refractivity contribution in [1.29, 1.82) is 0 Å². The standard InChI is InChI=1S/C31H37NO7/c1-20(34-3)17-26(36-5)29-21(2)39-30(23-13-15-24(35-4)16-14-23)25(22-11-9-8-10-12-22)18-27(31(29,30)38-7)32-19-28(33)37-6/h8-17,25,27,32H,2,18-19H2,1,3-7H3/b20-17+,29-26-/t25-,27+,30-,31+/m0/s1. The van der Waals surface area contributed by atoms with Crippen LogP contribution in [0.1, 0.15) is 30.4 Å². The maximum absolute atomic E-state index is 12.3. The van der Waals surface area contributed by atoms with Gasteiger partial charge in [-0.15, -0.1) is 0 Å². The molecule has 2 aromatic carbocycles. The van der Waals surface area contributed by atoms with E-state index in [0.717, 1.165) is 16.9 Å². The van der Waals surface area contributed by atoms with Crippen LogP contribution in [-0.4, -0.2) is 59.7 Å². The minimum absolute atomic E-state index is 0.0124. The van der Waals surface area contributed by atoms with Gasteiger partial charge in [0.2, 0.25) is 0 Å². The van der Waals surface area contributed by atoms with Gasteiger partial charge in [-0.25, -0.2) is 0 Å². The normalized spacial score (nSPS) is 27.4. The number of hydrogen-bond acceptors (Lipinski definition) is 8. The first kappa shape index (κ1) is 28.3. The molecule has 0 bridgehead atoms. The maximum Gasteiger partial charge on any atom is 0.319 e. The Morgan fingerprint density at radius 3 is 2.28 bits per heavy atom. The molecule has 0 spiro atoms. The van der Waals surface area contributed by atoms with Crippen LogP contribution in [0.25, 0.3) is 0 Å². The Morgan fingerprint density at radius 1 is 1.03 bits per heavy atom. The molecule has 1 N–H and O–H groups in total. The average molecular weight is 536 g/mol. The predicted molar refractivity (Wildman–Crippen MR) is 147 cm³/mol. The number of allylic oxidation sites excluding steroid dienone is 2. The molecule has 8 nitrogen and oxygen atoms in total. The SMILES string of the molecule is C=C1O[C@@]2(c3ccc(OC)cc3)[C@H](c3ccccc3)C[C@@H](NCC(=O)OC)[C@@]2(OC)/C1=C(/C=C(\C)OC)OC. The lowest BCUT2D eigenvalue weighted by Crippen LogP contribution is -2.59. The van der Waals surface area contributed by atoms with E-state index >= 15 is 0 Å². The van der Waals surface area contributed by atoms with Crippen molar-refractivity contribution in [3.63, 3.8) is 0 Å². The molecule has 208 valence electrons. The van der Waals surface area contributed by atoms with E-state index in [1.165, 1.54) is 7.11 Å². The van der Waals surface area contributed by atoms with Crippen LogP contribution < -0.4 is 10.1 Å². The first-order valence-electron chi connectivity index (χ1n) is 12.8. The number of benzene rings is 2. The number of rotatable bonds is 10. The zero-order chi connectivity index (χ0) is 28.2. The minimum Gasteiger partial charge on any atom is -0.501 e. The summed E-state index contributed by atoms with van der Waals surface area (Å²) < 4.78 is 35.3. The molecule has 0 radical (unpaired) electrons. The number of carbonyl (C=O) groups is 1. The van der Waals surface area contributed by atoms with E-state index in [9.17, 15) is 4.79 Å². The Morgan fingerprint density at radius 2 is 1.72 bits per heavy atom. The number of ether oxygens (including phenoxy) is 6. The Labute approximate surface area is 230 Å². The molecule has 39 heavy (non-hydrogen) atoms. The molecule has 0 aromatic heterocycles. The monoisotopic (exact) mass is 535 g/mol. The quantitative estimate of drug-likeness (QED) is 0.349. The van der Waals surface area contributed by atoms with Gasteiger partial charge in [0.05, 0.1) is 46.3 Å². The number of nitrogens with one attached hydrogen (secondary N) is 1. The van der Waals surface area contributed by atoms with Gasteiger partial charge in [0.15, 0.2) is 11.2 Å². The third-order valence-electron chi connectivity index (χ3n) is 7.82. The average Bonchev–Trinajstić information content (AvgIpc) is 3.40. The molecule has 1 aliphatic carbocycles. The molecule has 2 aromatic rings. The summed E-state index contributed by atoms with van der Waals surface area (Å²) in [4.78, 5) is 12.3. The van der Waals surface area contributed by atoms with Crippen molar-refractivity contribution in [2.24, 2.45) is 0 Å². The van der Waals surface area contributed by atoms with Crippen LogP contribution in [0.4, 0.5) is 0 Å². The summed E-state index contributed by atoms with van der Waals surface area (Å²) in [5.74, 6) is 1.69. The van der Waals surface area contributed by atoms with Crippen LogP contribution in [0.5, 0.6) is 5.75 Å². The summed E-state index contributed by atoms with van der Waals surface area (Å²) in [6, 6.07) is 17.6. The second-order valence-electron chi connectivity index (χ2n) is 9.54. The number of carbonyl (C=O) groups excluding carboxylic acids is 1. The summed E-state index contributed by atoms with van der Waals surface area (Å²) in [5.41, 5.74) is 0.340. The van der Waals surface area contributed by atoms with Crippen molar-refractivity contribution >= 4 is 5.97 Å². The van der Waals surface area contributed by atoms with Gasteiger partial charge >= 0.3 is 5.97 Å². The Bertz CT molecular complexity index is 1250. The molecule has 4 rings (SSSR count). The lowest BCUT2D eigenvalue weighted by Gasteiger charge is -2.43. The Balaban J connectivity index is 2.07. The topological polar surface area (TPSA) is 84.5 Å². The van der Waals surface area contributed by atoms with Gasteiger partial charge in [0.25, 0.3) is 0 Å². The lowest BCUT2D eigenvalue weighted by atomic mass is 9.70. The highest BCUT2D eigenvalue weighted by Gasteiger charge is 2.75. The zero-order valence-corrected chi connectivity index (χ0v) is 23.4. The Kier molecular flexibility index (Phi) is 8.37. The van der Waals surface area contributed by atoms with E-state index < -0.39 is 17.2 Å². The van der Waals surface area contributed by atoms with E-state index in [0.29, 0.717) is 29.3 Å². The van der Waals surface area contributed by atoms with Crippen molar-refractivity contribution in [2.45, 2.75) is 36.5 Å². The van der Waals surface area contributed by atoms with E-state index in [-0.39, 0.29) is 18.4 Å². The highest BCUT2D eigenvalue weighted by atomic mass is 16.6. The van der Waals surface area contributed by atoms with Gasteiger partial charge in [0, 0.05) is 25.1 Å². The maximum atomic E-state index is 12.3. The molecule has 8 heteroatoms. The van der Waals surface area contributed by atoms with Gasteiger partial charge < -0.3 is 33.7 Å². The molecule has 4 atom stereocenters. The molecule has 0 amide bonds. The molecule has 0 unspecified atom stereocenters. The second kappa shape index (κ2) is 11.6. The first-order chi connectivity index (χ1) is 18.8. The minimum atomic E-state index is -1.16. The molecule has 1 saturated carbocycles. The van der Waals surface area contributed by atoms with Crippen molar-refractivity contribution in [3.8, 4) is 5.75 Å². The van der Waals surface area contributed by atoms with Crippen LogP contribution in [0.2, 0.25) is 0 Å². The molecular formula is C31H37NO7. The van der Waals surface area contributed by atoms with Crippen LogP contribution >= 0.6 is 0 Å². The van der Waals surface area contributed by atoms with E-state index in [1.54, 1.807) is 34.5 Å². The van der Waals surface area contributed by atoms with Crippen LogP contribution in [0.3, 0.4) is 0 Å². The molecular weight excluding hydrogens is 498 g/mol. The Hall–Kier alpha value is -3.75. The van der Waals surface area contributed by atoms with Crippen LogP contribution in [-0.2, 0) is 34.1 Å². The van der Waals surface area contributed by atoms with Gasteiger partial charge in [-0.3, -0.25) is 4.79 Å². The summed E-state index contributed by atoms with van der Waals surface area (Å²) in [6.45, 7) is 6.16. The highest BCUT2D eigenvalue weighted by Crippen LogP contribution is 2.67. The fourth-order valence-corrected chi connectivity index (χ4v) is 6.11. The predicted octanol–water partition coefficient (Wildman–Crippen LogP) is 4.59. The number of methoxy groups -OCH3 is 5. The molecule has 1 saturated heterocycles. The number of hydrogen-bond donors (Lipinski definition) is 1. The highest BCUT2D eigenvalue weighted by molar-refractivity contribution is 5.71. The third kappa shape index (κ3) is 4.57. The molecule has 2 aliphatic rings. The fraction of sp³-hybridized carbons (Fsp3) is 0.387. The van der Waals surface area contributed by atoms with Crippen molar-refractivity contribution < 1.29 is 33.2 Å². The lowest BCUT2D eigenvalue weighted by molar-refractivity contribution is -0.141. The van der Waals surface area contributed by atoms with Gasteiger partial charge in [-0.1, -0.05) is 49.0 Å². The molecule has 2 fully saturated rings. The smallest absolute Gasteiger partial charge is 0.319 e. The molecule has 1 aliphatic heterocycles. The van der Waals surface area contributed by atoms with Crippen LogP contribution in [0, 0.1) is 0 Å². The summed E-state index contributed by atoms with van der Waals surface area (Å²) >= 11 is 0. The fourth-order valence-electron chi connectivity index (χ4n) is 6.11. The zero-order valence-electron chi connectivity index (χ0n) is 23.4. The van der Waals surface area contributed by atoms with Gasteiger partial charge in [0.1, 0.15) is 17.3 Å². The third-order valence-corrected chi connectivity index (χ3v) is 7.82. The van der Waals surface area contributed by atoms with Gasteiger partial charge in [-0.2, -0.15) is 0 Å². The first-order valence-corrected chi connectivity index (χ1v) is 12.8. The van der Waals surface area contributed by atoms with Crippen LogP contribution in [0.15, 0.2) is 90.1 Å². The number of esters is 1. The summed E-state index contributed by atoms with van der Waals surface area (Å²) in [6.07, 6.45) is 2.38. The number of fused-ring (bicyclic) bond motifs is 1. The summed E-state index contributed by atoms with van der Waals surface area (Å²) in [5, 5.41) is 3.42. The van der Waals surface area contributed by atoms with E-state index in [4.69, 9.17) is 28.4 Å². The largest absolute Gasteiger partial charge is 0.501 e. The van der Waals surface area contributed by atoms with E-state index in [1.807, 2.05) is 49.4 Å².